The summed E-state index contributed by atoms with van der Waals surface area (Å²) in [6, 6.07) is 18.0. The van der Waals surface area contributed by atoms with Gasteiger partial charge in [-0.15, -0.1) is 0 Å². The van der Waals surface area contributed by atoms with Crippen LogP contribution in [0.15, 0.2) is 60.7 Å². The first-order chi connectivity index (χ1) is 12.6. The van der Waals surface area contributed by atoms with Gasteiger partial charge in [-0.2, -0.15) is 0 Å². The first-order valence-corrected chi connectivity index (χ1v) is 8.50. The Morgan fingerprint density at radius 2 is 1.46 bits per heavy atom. The fourth-order valence-corrected chi connectivity index (χ4v) is 2.59. The first kappa shape index (κ1) is 17.7. The highest BCUT2D eigenvalue weighted by Gasteiger charge is 2.26. The van der Waals surface area contributed by atoms with Crippen LogP contribution in [0.5, 0.6) is 0 Å². The second kappa shape index (κ2) is 8.29. The summed E-state index contributed by atoms with van der Waals surface area (Å²) in [5.41, 5.74) is 1.55. The highest BCUT2D eigenvalue weighted by Crippen LogP contribution is 2.25. The smallest absolute Gasteiger partial charge is 0.321 e. The standard InChI is InChI=1S/C20H20N2O4/c23-17(22-20(25)21-16-11-12-16)13-26-19(24)18(14-7-3-1-4-8-14)15-9-5-2-6-10-15/h1-10,16,18H,11-13H2,(H2,21,22,23,25). The molecule has 1 aliphatic rings. The fraction of sp³-hybridized carbons (Fsp3) is 0.250. The lowest BCUT2D eigenvalue weighted by Crippen LogP contribution is -2.42. The SMILES string of the molecule is O=C(COC(=O)C(c1ccccc1)c1ccccc1)NC(=O)NC1CC1. The molecule has 3 rings (SSSR count). The Balaban J connectivity index is 1.62. The van der Waals surface area contributed by atoms with Gasteiger partial charge < -0.3 is 10.1 Å². The van der Waals surface area contributed by atoms with Gasteiger partial charge in [0.25, 0.3) is 5.91 Å². The third-order valence-electron chi connectivity index (χ3n) is 4.01. The molecule has 0 spiro atoms. The monoisotopic (exact) mass is 352 g/mol. The van der Waals surface area contributed by atoms with Gasteiger partial charge in [-0.25, -0.2) is 4.79 Å². The molecule has 0 radical (unpaired) electrons. The quantitative estimate of drug-likeness (QED) is 0.782. The zero-order valence-electron chi connectivity index (χ0n) is 14.2. The van der Waals surface area contributed by atoms with Gasteiger partial charge in [0.1, 0.15) is 5.92 Å². The van der Waals surface area contributed by atoms with E-state index in [1.807, 2.05) is 60.7 Å². The van der Waals surface area contributed by atoms with Crippen LogP contribution in [0.1, 0.15) is 29.9 Å². The number of ether oxygens (including phenoxy) is 1. The number of urea groups is 1. The number of hydrogen-bond donors (Lipinski definition) is 2. The molecule has 6 nitrogen and oxygen atoms in total. The lowest BCUT2D eigenvalue weighted by Gasteiger charge is -2.17. The van der Waals surface area contributed by atoms with E-state index in [0.717, 1.165) is 24.0 Å². The van der Waals surface area contributed by atoms with Crippen LogP contribution in [0.2, 0.25) is 0 Å². The molecule has 0 atom stereocenters. The predicted molar refractivity (Wildman–Crippen MR) is 95.4 cm³/mol. The van der Waals surface area contributed by atoms with Gasteiger partial charge >= 0.3 is 12.0 Å². The molecule has 0 saturated heterocycles. The molecule has 3 amide bonds. The van der Waals surface area contributed by atoms with Crippen molar-refractivity contribution in [3.05, 3.63) is 71.8 Å². The van der Waals surface area contributed by atoms with Crippen LogP contribution < -0.4 is 10.6 Å². The minimum Gasteiger partial charge on any atom is -0.455 e. The minimum atomic E-state index is -0.656. The van der Waals surface area contributed by atoms with E-state index in [1.54, 1.807) is 0 Å². The summed E-state index contributed by atoms with van der Waals surface area (Å²) >= 11 is 0. The van der Waals surface area contributed by atoms with Crippen LogP contribution in [-0.2, 0) is 14.3 Å². The first-order valence-electron chi connectivity index (χ1n) is 8.50. The van der Waals surface area contributed by atoms with E-state index in [0.29, 0.717) is 0 Å². The third-order valence-corrected chi connectivity index (χ3v) is 4.01. The van der Waals surface area contributed by atoms with Crippen molar-refractivity contribution in [3.8, 4) is 0 Å². The van der Waals surface area contributed by atoms with Crippen molar-refractivity contribution in [3.63, 3.8) is 0 Å². The Labute approximate surface area is 151 Å². The third kappa shape index (κ3) is 4.92. The van der Waals surface area contributed by atoms with Gasteiger partial charge in [-0.05, 0) is 24.0 Å². The summed E-state index contributed by atoms with van der Waals surface area (Å²) in [5, 5.41) is 4.79. The van der Waals surface area contributed by atoms with Crippen LogP contribution >= 0.6 is 0 Å². The van der Waals surface area contributed by atoms with Crippen molar-refractivity contribution in [2.45, 2.75) is 24.8 Å². The number of esters is 1. The summed E-state index contributed by atoms with van der Waals surface area (Å²) in [6.45, 7) is -0.507. The molecular weight excluding hydrogens is 332 g/mol. The molecule has 134 valence electrons. The summed E-state index contributed by atoms with van der Waals surface area (Å²) in [7, 11) is 0. The van der Waals surface area contributed by atoms with Crippen molar-refractivity contribution in [1.82, 2.24) is 10.6 Å². The van der Waals surface area contributed by atoms with Crippen LogP contribution in [0.4, 0.5) is 4.79 Å². The van der Waals surface area contributed by atoms with Crippen molar-refractivity contribution in [1.29, 1.82) is 0 Å². The van der Waals surface area contributed by atoms with E-state index in [4.69, 9.17) is 4.74 Å². The van der Waals surface area contributed by atoms with E-state index >= 15 is 0 Å². The number of imide groups is 1. The van der Waals surface area contributed by atoms with Crippen molar-refractivity contribution >= 4 is 17.9 Å². The molecule has 2 aromatic rings. The van der Waals surface area contributed by atoms with Crippen molar-refractivity contribution in [2.75, 3.05) is 6.61 Å². The average molecular weight is 352 g/mol. The van der Waals surface area contributed by atoms with Crippen molar-refractivity contribution in [2.24, 2.45) is 0 Å². The summed E-state index contributed by atoms with van der Waals surface area (Å²) < 4.78 is 5.17. The van der Waals surface area contributed by atoms with Gasteiger partial charge in [0.15, 0.2) is 6.61 Å². The number of benzene rings is 2. The largest absolute Gasteiger partial charge is 0.455 e. The topological polar surface area (TPSA) is 84.5 Å². The van der Waals surface area contributed by atoms with E-state index in [-0.39, 0.29) is 6.04 Å². The fourth-order valence-electron chi connectivity index (χ4n) is 2.59. The van der Waals surface area contributed by atoms with Gasteiger partial charge in [0.05, 0.1) is 0 Å². The predicted octanol–water partition coefficient (Wildman–Crippen LogP) is 2.35. The Kier molecular flexibility index (Phi) is 5.63. The zero-order chi connectivity index (χ0) is 18.4. The van der Waals surface area contributed by atoms with Gasteiger partial charge in [0.2, 0.25) is 0 Å². The van der Waals surface area contributed by atoms with Gasteiger partial charge in [-0.3, -0.25) is 14.9 Å². The lowest BCUT2D eigenvalue weighted by atomic mass is 9.91. The van der Waals surface area contributed by atoms with Gasteiger partial charge in [0, 0.05) is 6.04 Å². The average Bonchev–Trinajstić information content (AvgIpc) is 3.46. The molecule has 0 aromatic heterocycles. The number of carbonyl (C=O) groups is 3. The van der Waals surface area contributed by atoms with E-state index < -0.39 is 30.4 Å². The molecule has 6 heteroatoms. The second-order valence-electron chi connectivity index (χ2n) is 6.16. The molecule has 0 bridgehead atoms. The maximum Gasteiger partial charge on any atom is 0.321 e. The molecule has 1 fully saturated rings. The Morgan fingerprint density at radius 1 is 0.923 bits per heavy atom. The molecule has 1 saturated carbocycles. The number of nitrogens with one attached hydrogen (secondary N) is 2. The van der Waals surface area contributed by atoms with E-state index in [9.17, 15) is 14.4 Å². The number of amides is 3. The van der Waals surface area contributed by atoms with Crippen LogP contribution in [0.3, 0.4) is 0 Å². The lowest BCUT2D eigenvalue weighted by molar-refractivity contribution is -0.148. The molecule has 0 aliphatic heterocycles. The molecule has 0 unspecified atom stereocenters. The number of rotatable bonds is 6. The molecule has 26 heavy (non-hydrogen) atoms. The molecule has 2 N–H and O–H groups in total. The highest BCUT2D eigenvalue weighted by molar-refractivity contribution is 5.96. The highest BCUT2D eigenvalue weighted by atomic mass is 16.5. The van der Waals surface area contributed by atoms with Gasteiger partial charge in [-0.1, -0.05) is 60.7 Å². The molecule has 2 aromatic carbocycles. The maximum absolute atomic E-state index is 12.6. The minimum absolute atomic E-state index is 0.144. The summed E-state index contributed by atoms with van der Waals surface area (Å²) in [6.07, 6.45) is 1.85. The molecule has 0 heterocycles. The van der Waals surface area contributed by atoms with Crippen LogP contribution in [0, 0.1) is 0 Å². The van der Waals surface area contributed by atoms with E-state index in [2.05, 4.69) is 10.6 Å². The zero-order valence-corrected chi connectivity index (χ0v) is 14.2. The van der Waals surface area contributed by atoms with Crippen molar-refractivity contribution < 1.29 is 19.1 Å². The molecular formula is C20H20N2O4. The Morgan fingerprint density at radius 3 is 1.96 bits per heavy atom. The number of hydrogen-bond acceptors (Lipinski definition) is 4. The number of carbonyl (C=O) groups excluding carboxylic acids is 3. The normalized spacial score (nSPS) is 13.1. The Hall–Kier alpha value is -3.15. The summed E-state index contributed by atoms with van der Waals surface area (Å²) in [5.74, 6) is -1.83. The second-order valence-corrected chi connectivity index (χ2v) is 6.16. The summed E-state index contributed by atoms with van der Waals surface area (Å²) in [4.78, 5) is 36.0. The van der Waals surface area contributed by atoms with Crippen LogP contribution in [0.25, 0.3) is 0 Å². The maximum atomic E-state index is 12.6. The van der Waals surface area contributed by atoms with Crippen LogP contribution in [-0.4, -0.2) is 30.6 Å². The Bertz CT molecular complexity index is 733. The molecule has 1 aliphatic carbocycles. The van der Waals surface area contributed by atoms with E-state index in [1.165, 1.54) is 0 Å².